The summed E-state index contributed by atoms with van der Waals surface area (Å²) in [6, 6.07) is 11.7. The third-order valence-corrected chi connectivity index (χ3v) is 5.17. The van der Waals surface area contributed by atoms with Crippen LogP contribution >= 0.6 is 11.3 Å². The van der Waals surface area contributed by atoms with E-state index in [0.29, 0.717) is 27.8 Å². The number of cyclic esters (lactones) is 1. The van der Waals surface area contributed by atoms with Gasteiger partial charge in [0.25, 0.3) is 0 Å². The van der Waals surface area contributed by atoms with Crippen molar-refractivity contribution in [3.05, 3.63) is 58.5 Å². The quantitative estimate of drug-likeness (QED) is 0.659. The van der Waals surface area contributed by atoms with Crippen LogP contribution in [0.3, 0.4) is 0 Å². The van der Waals surface area contributed by atoms with Gasteiger partial charge in [0, 0.05) is 16.5 Å². The predicted molar refractivity (Wildman–Crippen MR) is 104 cm³/mol. The fourth-order valence-corrected chi connectivity index (χ4v) is 3.76. The zero-order valence-corrected chi connectivity index (χ0v) is 15.9. The number of ether oxygens (including phenoxy) is 3. The van der Waals surface area contributed by atoms with Crippen LogP contribution in [0.25, 0.3) is 11.3 Å². The number of methoxy groups -OCH3 is 2. The molecule has 1 atom stereocenters. The van der Waals surface area contributed by atoms with E-state index in [1.165, 1.54) is 31.1 Å². The van der Waals surface area contributed by atoms with Gasteiger partial charge >= 0.3 is 5.97 Å². The van der Waals surface area contributed by atoms with Crippen molar-refractivity contribution < 1.29 is 19.0 Å². The first-order chi connectivity index (χ1) is 13.1. The molecule has 0 radical (unpaired) electrons. The lowest BCUT2D eigenvalue weighted by molar-refractivity contribution is 0.0435. The first-order valence-electron chi connectivity index (χ1n) is 8.35. The maximum atomic E-state index is 12.4. The minimum absolute atomic E-state index is 0.379. The van der Waals surface area contributed by atoms with E-state index in [1.54, 1.807) is 12.1 Å². The molecule has 0 aliphatic carbocycles. The molecule has 27 heavy (non-hydrogen) atoms. The van der Waals surface area contributed by atoms with Crippen molar-refractivity contribution in [2.24, 2.45) is 0 Å². The van der Waals surface area contributed by atoms with Crippen LogP contribution in [-0.4, -0.2) is 25.2 Å². The lowest BCUT2D eigenvalue weighted by Gasteiger charge is -2.13. The molecule has 7 heteroatoms. The number of anilines is 1. The molecule has 0 spiro atoms. The number of aryl methyl sites for hydroxylation is 1. The molecule has 0 unspecified atom stereocenters. The minimum atomic E-state index is -0.621. The van der Waals surface area contributed by atoms with Crippen molar-refractivity contribution in [1.29, 1.82) is 0 Å². The molecule has 0 saturated heterocycles. The lowest BCUT2D eigenvalue weighted by Crippen LogP contribution is -2.10. The van der Waals surface area contributed by atoms with E-state index in [2.05, 4.69) is 22.4 Å². The first kappa shape index (κ1) is 17.4. The van der Waals surface area contributed by atoms with Crippen LogP contribution in [0.4, 0.5) is 5.13 Å². The summed E-state index contributed by atoms with van der Waals surface area (Å²) >= 11 is 1.46. The van der Waals surface area contributed by atoms with Crippen LogP contribution in [-0.2, 0) is 4.74 Å². The molecule has 1 aliphatic heterocycles. The van der Waals surface area contributed by atoms with Gasteiger partial charge in [-0.1, -0.05) is 29.8 Å². The number of fused-ring (bicyclic) bond motifs is 1. The Labute approximate surface area is 160 Å². The van der Waals surface area contributed by atoms with Crippen molar-refractivity contribution in [2.45, 2.75) is 13.2 Å². The maximum Gasteiger partial charge on any atom is 0.344 e. The topological polar surface area (TPSA) is 69.7 Å². The summed E-state index contributed by atoms with van der Waals surface area (Å²) in [6.07, 6.45) is -0.621. The molecule has 138 valence electrons. The normalized spacial score (nSPS) is 15.2. The number of benzene rings is 2. The van der Waals surface area contributed by atoms with Crippen molar-refractivity contribution >= 4 is 22.4 Å². The largest absolute Gasteiger partial charge is 0.493 e. The molecule has 2 aromatic carbocycles. The molecule has 2 heterocycles. The van der Waals surface area contributed by atoms with Gasteiger partial charge in [0.2, 0.25) is 6.23 Å². The summed E-state index contributed by atoms with van der Waals surface area (Å²) in [5, 5.41) is 5.83. The number of esters is 1. The average molecular weight is 382 g/mol. The second kappa shape index (κ2) is 6.92. The molecular weight excluding hydrogens is 364 g/mol. The molecule has 0 bridgehead atoms. The van der Waals surface area contributed by atoms with Crippen molar-refractivity contribution in [3.63, 3.8) is 0 Å². The lowest BCUT2D eigenvalue weighted by atomic mass is 10.1. The van der Waals surface area contributed by atoms with Gasteiger partial charge in [-0.15, -0.1) is 11.3 Å². The number of hydrogen-bond donors (Lipinski definition) is 1. The summed E-state index contributed by atoms with van der Waals surface area (Å²) in [5.41, 5.74) is 4.19. The number of carbonyl (C=O) groups excluding carboxylic acids is 1. The predicted octanol–water partition coefficient (Wildman–Crippen LogP) is 4.42. The number of rotatable bonds is 5. The van der Waals surface area contributed by atoms with E-state index in [1.807, 2.05) is 24.4 Å². The maximum absolute atomic E-state index is 12.4. The Morgan fingerprint density at radius 1 is 1.11 bits per heavy atom. The van der Waals surface area contributed by atoms with Gasteiger partial charge in [0.15, 0.2) is 16.6 Å². The van der Waals surface area contributed by atoms with Crippen LogP contribution < -0.4 is 14.8 Å². The van der Waals surface area contributed by atoms with Crippen LogP contribution in [0.2, 0.25) is 0 Å². The molecule has 6 nitrogen and oxygen atoms in total. The monoisotopic (exact) mass is 382 g/mol. The number of nitrogens with zero attached hydrogens (tertiary/aromatic N) is 1. The standard InChI is InChI=1S/C20H18N2O4S/c1-11-4-6-12(7-5-11)14-10-27-20(21-14)22-18-13-8-9-15(24-2)17(25-3)16(13)19(23)26-18/h4-10,18H,1-3H3,(H,21,22)/t18-/m1/s1. The van der Waals surface area contributed by atoms with Crippen molar-refractivity contribution in [1.82, 2.24) is 4.98 Å². The van der Waals surface area contributed by atoms with Gasteiger partial charge in [-0.3, -0.25) is 0 Å². The van der Waals surface area contributed by atoms with Gasteiger partial charge in [0.1, 0.15) is 5.56 Å². The second-order valence-corrected chi connectivity index (χ2v) is 6.96. The number of hydrogen-bond acceptors (Lipinski definition) is 7. The fourth-order valence-electron chi connectivity index (χ4n) is 3.02. The van der Waals surface area contributed by atoms with Crippen LogP contribution in [0.5, 0.6) is 11.5 Å². The summed E-state index contributed by atoms with van der Waals surface area (Å²) in [6.45, 7) is 2.05. The molecule has 3 aromatic rings. The highest BCUT2D eigenvalue weighted by molar-refractivity contribution is 7.14. The molecule has 1 aromatic heterocycles. The van der Waals surface area contributed by atoms with E-state index >= 15 is 0 Å². The molecule has 0 saturated carbocycles. The Morgan fingerprint density at radius 2 is 1.89 bits per heavy atom. The van der Waals surface area contributed by atoms with Gasteiger partial charge in [-0.2, -0.15) is 0 Å². The molecule has 0 fully saturated rings. The Balaban J connectivity index is 1.61. The van der Waals surface area contributed by atoms with E-state index < -0.39 is 12.2 Å². The van der Waals surface area contributed by atoms with Gasteiger partial charge in [-0.05, 0) is 19.1 Å². The molecule has 0 amide bonds. The van der Waals surface area contributed by atoms with E-state index in [0.717, 1.165) is 11.3 Å². The fraction of sp³-hybridized carbons (Fsp3) is 0.200. The highest BCUT2D eigenvalue weighted by Gasteiger charge is 2.36. The van der Waals surface area contributed by atoms with Crippen molar-refractivity contribution in [3.8, 4) is 22.8 Å². The zero-order chi connectivity index (χ0) is 19.0. The highest BCUT2D eigenvalue weighted by Crippen LogP contribution is 2.42. The number of thiazole rings is 1. The van der Waals surface area contributed by atoms with Gasteiger partial charge in [0.05, 0.1) is 19.9 Å². The molecular formula is C20H18N2O4S. The Bertz CT molecular complexity index is 998. The number of nitrogens with one attached hydrogen (secondary N) is 1. The van der Waals surface area contributed by atoms with E-state index in [9.17, 15) is 4.79 Å². The Kier molecular flexibility index (Phi) is 4.45. The van der Waals surface area contributed by atoms with Crippen LogP contribution in [0.1, 0.15) is 27.7 Å². The molecule has 1 aliphatic rings. The number of aromatic nitrogens is 1. The summed E-state index contributed by atoms with van der Waals surface area (Å²) in [4.78, 5) is 17.0. The first-order valence-corrected chi connectivity index (χ1v) is 9.23. The summed E-state index contributed by atoms with van der Waals surface area (Å²) in [5.74, 6) is 0.419. The van der Waals surface area contributed by atoms with E-state index in [4.69, 9.17) is 14.2 Å². The highest BCUT2D eigenvalue weighted by atomic mass is 32.1. The second-order valence-electron chi connectivity index (χ2n) is 6.10. The molecule has 1 N–H and O–H groups in total. The Morgan fingerprint density at radius 3 is 2.59 bits per heavy atom. The number of carbonyl (C=O) groups is 1. The van der Waals surface area contributed by atoms with Gasteiger partial charge < -0.3 is 19.5 Å². The smallest absolute Gasteiger partial charge is 0.344 e. The SMILES string of the molecule is COc1ccc2c(c1OC)C(=O)O[C@H]2Nc1nc(-c2ccc(C)cc2)cs1. The van der Waals surface area contributed by atoms with Crippen LogP contribution in [0.15, 0.2) is 41.8 Å². The average Bonchev–Trinajstić information content (AvgIpc) is 3.27. The van der Waals surface area contributed by atoms with Crippen molar-refractivity contribution in [2.75, 3.05) is 19.5 Å². The minimum Gasteiger partial charge on any atom is -0.493 e. The summed E-state index contributed by atoms with van der Waals surface area (Å²) in [7, 11) is 3.03. The Hall–Kier alpha value is -3.06. The van der Waals surface area contributed by atoms with Crippen LogP contribution in [0, 0.1) is 6.92 Å². The third kappa shape index (κ3) is 3.10. The summed E-state index contributed by atoms with van der Waals surface area (Å²) < 4.78 is 16.1. The zero-order valence-electron chi connectivity index (χ0n) is 15.1. The third-order valence-electron chi connectivity index (χ3n) is 4.40. The van der Waals surface area contributed by atoms with E-state index in [-0.39, 0.29) is 0 Å². The molecule has 4 rings (SSSR count). The van der Waals surface area contributed by atoms with Gasteiger partial charge in [-0.25, -0.2) is 9.78 Å².